The molecule has 2 aliphatic heterocycles. The Hall–Kier alpha value is -0.160. The lowest BCUT2D eigenvalue weighted by molar-refractivity contribution is -0.209. The zero-order valence-corrected chi connectivity index (χ0v) is 11.2. The molecule has 104 valence electrons. The van der Waals surface area contributed by atoms with Crippen molar-refractivity contribution in [1.29, 1.82) is 0 Å². The minimum atomic E-state index is -0.134. The molecule has 0 aromatic heterocycles. The van der Waals surface area contributed by atoms with Crippen LogP contribution in [0.2, 0.25) is 0 Å². The Morgan fingerprint density at radius 1 is 1.11 bits per heavy atom. The van der Waals surface area contributed by atoms with E-state index in [0.717, 1.165) is 45.5 Å². The van der Waals surface area contributed by atoms with E-state index in [-0.39, 0.29) is 11.2 Å². The van der Waals surface area contributed by atoms with Crippen molar-refractivity contribution in [2.75, 3.05) is 26.4 Å². The first-order valence-corrected chi connectivity index (χ1v) is 7.36. The standard InChI is InChI=1S/C14H25NO3/c15-11-14(5-8-16-9-6-14)18-12-2-7-17-13(10-12)3-1-4-13/h12H,1-11,15H2. The monoisotopic (exact) mass is 255 g/mol. The number of nitrogens with two attached hydrogens (primary N) is 1. The van der Waals surface area contributed by atoms with Crippen LogP contribution < -0.4 is 5.73 Å². The molecule has 1 atom stereocenters. The minimum Gasteiger partial charge on any atom is -0.381 e. The fourth-order valence-corrected chi connectivity index (χ4v) is 3.47. The summed E-state index contributed by atoms with van der Waals surface area (Å²) in [6.07, 6.45) is 8.03. The van der Waals surface area contributed by atoms with Crippen LogP contribution >= 0.6 is 0 Å². The lowest BCUT2D eigenvalue weighted by atomic mass is 9.74. The molecule has 18 heavy (non-hydrogen) atoms. The highest BCUT2D eigenvalue weighted by molar-refractivity contribution is 4.96. The van der Waals surface area contributed by atoms with Crippen LogP contribution in [0.5, 0.6) is 0 Å². The van der Waals surface area contributed by atoms with Crippen LogP contribution in [-0.4, -0.2) is 43.7 Å². The second-order valence-electron chi connectivity index (χ2n) is 6.12. The summed E-state index contributed by atoms with van der Waals surface area (Å²) in [6, 6.07) is 0. The van der Waals surface area contributed by atoms with Gasteiger partial charge >= 0.3 is 0 Å². The van der Waals surface area contributed by atoms with Crippen LogP contribution in [0.25, 0.3) is 0 Å². The van der Waals surface area contributed by atoms with Crippen LogP contribution in [0, 0.1) is 0 Å². The van der Waals surface area contributed by atoms with E-state index in [4.69, 9.17) is 19.9 Å². The van der Waals surface area contributed by atoms with Gasteiger partial charge < -0.3 is 19.9 Å². The van der Waals surface area contributed by atoms with Gasteiger partial charge in [-0.3, -0.25) is 0 Å². The van der Waals surface area contributed by atoms with Crippen LogP contribution in [0.4, 0.5) is 0 Å². The average molecular weight is 255 g/mol. The first-order valence-electron chi connectivity index (χ1n) is 7.36. The van der Waals surface area contributed by atoms with Crippen molar-refractivity contribution >= 4 is 0 Å². The van der Waals surface area contributed by atoms with E-state index in [9.17, 15) is 0 Å². The molecule has 2 heterocycles. The maximum Gasteiger partial charge on any atom is 0.0851 e. The topological polar surface area (TPSA) is 53.7 Å². The zero-order valence-electron chi connectivity index (χ0n) is 11.2. The molecule has 2 N–H and O–H groups in total. The third kappa shape index (κ3) is 2.44. The molecule has 3 aliphatic rings. The highest BCUT2D eigenvalue weighted by Crippen LogP contribution is 2.44. The molecule has 4 heteroatoms. The lowest BCUT2D eigenvalue weighted by Crippen LogP contribution is -2.53. The van der Waals surface area contributed by atoms with Gasteiger partial charge in [0.25, 0.3) is 0 Å². The summed E-state index contributed by atoms with van der Waals surface area (Å²) < 4.78 is 17.8. The summed E-state index contributed by atoms with van der Waals surface area (Å²) in [5, 5.41) is 0. The van der Waals surface area contributed by atoms with E-state index in [0.29, 0.717) is 12.6 Å². The molecule has 0 bridgehead atoms. The van der Waals surface area contributed by atoms with Crippen molar-refractivity contribution in [1.82, 2.24) is 0 Å². The van der Waals surface area contributed by atoms with Crippen LogP contribution in [0.3, 0.4) is 0 Å². The van der Waals surface area contributed by atoms with Crippen LogP contribution in [-0.2, 0) is 14.2 Å². The Bertz CT molecular complexity index is 285. The molecule has 0 aromatic carbocycles. The average Bonchev–Trinajstić information content (AvgIpc) is 2.38. The van der Waals surface area contributed by atoms with Crippen molar-refractivity contribution in [2.45, 2.75) is 62.3 Å². The molecule has 3 fully saturated rings. The summed E-state index contributed by atoms with van der Waals surface area (Å²) in [6.45, 7) is 3.03. The maximum absolute atomic E-state index is 6.42. The molecule has 1 spiro atoms. The fourth-order valence-electron chi connectivity index (χ4n) is 3.47. The Labute approximate surface area is 109 Å². The summed E-state index contributed by atoms with van der Waals surface area (Å²) in [4.78, 5) is 0. The van der Waals surface area contributed by atoms with Crippen molar-refractivity contribution < 1.29 is 14.2 Å². The maximum atomic E-state index is 6.42. The van der Waals surface area contributed by atoms with Gasteiger partial charge in [-0.1, -0.05) is 0 Å². The van der Waals surface area contributed by atoms with Gasteiger partial charge in [-0.05, 0) is 25.7 Å². The molecule has 0 amide bonds. The van der Waals surface area contributed by atoms with Gasteiger partial charge in [0.1, 0.15) is 0 Å². The summed E-state index contributed by atoms with van der Waals surface area (Å²) in [5.41, 5.74) is 5.98. The van der Waals surface area contributed by atoms with Gasteiger partial charge in [-0.15, -0.1) is 0 Å². The largest absolute Gasteiger partial charge is 0.381 e. The second-order valence-corrected chi connectivity index (χ2v) is 6.12. The molecule has 1 unspecified atom stereocenters. The van der Waals surface area contributed by atoms with Crippen LogP contribution in [0.15, 0.2) is 0 Å². The minimum absolute atomic E-state index is 0.134. The molecule has 1 saturated carbocycles. The first-order chi connectivity index (χ1) is 8.76. The van der Waals surface area contributed by atoms with Gasteiger partial charge in [0, 0.05) is 45.6 Å². The highest BCUT2D eigenvalue weighted by Gasteiger charge is 2.45. The van der Waals surface area contributed by atoms with Crippen molar-refractivity contribution in [2.24, 2.45) is 5.73 Å². The molecule has 1 aliphatic carbocycles. The normalized spacial score (nSPS) is 34.2. The lowest BCUT2D eigenvalue weighted by Gasteiger charge is -2.49. The second kappa shape index (κ2) is 5.08. The molecule has 3 rings (SSSR count). The molecule has 4 nitrogen and oxygen atoms in total. The summed E-state index contributed by atoms with van der Waals surface area (Å²) in [5.74, 6) is 0. The van der Waals surface area contributed by atoms with Gasteiger partial charge in [-0.2, -0.15) is 0 Å². The Morgan fingerprint density at radius 3 is 2.50 bits per heavy atom. The Morgan fingerprint density at radius 2 is 1.89 bits per heavy atom. The Kier molecular flexibility index (Phi) is 3.63. The SMILES string of the molecule is NCC1(OC2CCOC3(CCC3)C2)CCOCC1. The fraction of sp³-hybridized carbons (Fsp3) is 1.00. The summed E-state index contributed by atoms with van der Waals surface area (Å²) in [7, 11) is 0. The van der Waals surface area contributed by atoms with E-state index in [2.05, 4.69) is 0 Å². The molecular formula is C14H25NO3. The number of rotatable bonds is 3. The van der Waals surface area contributed by atoms with Gasteiger partial charge in [0.2, 0.25) is 0 Å². The summed E-state index contributed by atoms with van der Waals surface area (Å²) >= 11 is 0. The van der Waals surface area contributed by atoms with E-state index in [1.807, 2.05) is 0 Å². The van der Waals surface area contributed by atoms with Gasteiger partial charge in [0.15, 0.2) is 0 Å². The van der Waals surface area contributed by atoms with Gasteiger partial charge in [0.05, 0.1) is 17.3 Å². The predicted molar refractivity (Wildman–Crippen MR) is 68.5 cm³/mol. The third-order valence-electron chi connectivity index (χ3n) is 4.91. The van der Waals surface area contributed by atoms with Gasteiger partial charge in [-0.25, -0.2) is 0 Å². The number of hydrogen-bond acceptors (Lipinski definition) is 4. The third-order valence-corrected chi connectivity index (χ3v) is 4.91. The van der Waals surface area contributed by atoms with Crippen molar-refractivity contribution in [3.05, 3.63) is 0 Å². The molecule has 0 radical (unpaired) electrons. The first kappa shape index (κ1) is 12.9. The van der Waals surface area contributed by atoms with E-state index >= 15 is 0 Å². The molecule has 2 saturated heterocycles. The van der Waals surface area contributed by atoms with E-state index < -0.39 is 0 Å². The smallest absolute Gasteiger partial charge is 0.0851 e. The number of ether oxygens (including phenoxy) is 3. The number of hydrogen-bond donors (Lipinski definition) is 1. The van der Waals surface area contributed by atoms with Crippen molar-refractivity contribution in [3.63, 3.8) is 0 Å². The van der Waals surface area contributed by atoms with Crippen LogP contribution in [0.1, 0.15) is 44.9 Å². The Balaban J connectivity index is 1.60. The molecular weight excluding hydrogens is 230 g/mol. The zero-order chi connectivity index (χ0) is 12.5. The van der Waals surface area contributed by atoms with E-state index in [1.54, 1.807) is 0 Å². The predicted octanol–water partition coefficient (Wildman–Crippen LogP) is 1.61. The molecule has 0 aromatic rings. The van der Waals surface area contributed by atoms with E-state index in [1.165, 1.54) is 19.3 Å². The highest BCUT2D eigenvalue weighted by atomic mass is 16.5. The van der Waals surface area contributed by atoms with Crippen molar-refractivity contribution in [3.8, 4) is 0 Å². The quantitative estimate of drug-likeness (QED) is 0.832.